The van der Waals surface area contributed by atoms with Gasteiger partial charge in [0.25, 0.3) is 0 Å². The van der Waals surface area contributed by atoms with Crippen LogP contribution in [0.5, 0.6) is 0 Å². The first-order valence-electron chi connectivity index (χ1n) is 5.91. The molecule has 1 aliphatic rings. The van der Waals surface area contributed by atoms with E-state index < -0.39 is 36.4 Å². The SMILES string of the molecule is OCC(CO)NC[C@H]1N[C@H](CO)[C@@H](O)[C@H](O)[C@H]1O. The highest BCUT2D eigenvalue weighted by atomic mass is 16.4. The molecule has 108 valence electrons. The van der Waals surface area contributed by atoms with Gasteiger partial charge in [-0.3, -0.25) is 0 Å². The molecular formula is C10H22N2O6. The van der Waals surface area contributed by atoms with Crippen LogP contribution in [-0.4, -0.2) is 93.4 Å². The van der Waals surface area contributed by atoms with Gasteiger partial charge in [-0.15, -0.1) is 0 Å². The number of aliphatic hydroxyl groups excluding tert-OH is 6. The van der Waals surface area contributed by atoms with Crippen molar-refractivity contribution in [2.75, 3.05) is 26.4 Å². The molecule has 1 fully saturated rings. The number of piperidine rings is 1. The van der Waals surface area contributed by atoms with E-state index in [2.05, 4.69) is 10.6 Å². The van der Waals surface area contributed by atoms with Crippen LogP contribution in [0.25, 0.3) is 0 Å². The van der Waals surface area contributed by atoms with Crippen molar-refractivity contribution in [2.45, 2.75) is 36.4 Å². The molecule has 8 nitrogen and oxygen atoms in total. The quantitative estimate of drug-likeness (QED) is 0.239. The summed E-state index contributed by atoms with van der Waals surface area (Å²) in [6.07, 6.45) is -3.79. The van der Waals surface area contributed by atoms with Crippen LogP contribution >= 0.6 is 0 Å². The highest BCUT2D eigenvalue weighted by Gasteiger charge is 2.41. The molecule has 0 unspecified atom stereocenters. The Bertz CT molecular complexity index is 238. The predicted octanol–water partition coefficient (Wildman–Crippen LogP) is -4.66. The number of hydrogen-bond donors (Lipinski definition) is 8. The first-order chi connectivity index (χ1) is 8.54. The minimum absolute atomic E-state index is 0.174. The smallest absolute Gasteiger partial charge is 0.109 e. The summed E-state index contributed by atoms with van der Waals surface area (Å²) in [4.78, 5) is 0. The van der Waals surface area contributed by atoms with Crippen LogP contribution in [-0.2, 0) is 0 Å². The lowest BCUT2D eigenvalue weighted by Crippen LogP contribution is -2.68. The molecule has 1 aliphatic heterocycles. The second-order valence-corrected chi connectivity index (χ2v) is 4.50. The second kappa shape index (κ2) is 7.31. The number of aliphatic hydroxyl groups is 6. The minimum atomic E-state index is -1.35. The van der Waals surface area contributed by atoms with Crippen LogP contribution in [0, 0.1) is 0 Å². The third-order valence-corrected chi connectivity index (χ3v) is 3.22. The first kappa shape index (κ1) is 15.7. The van der Waals surface area contributed by atoms with Gasteiger partial charge < -0.3 is 41.3 Å². The zero-order chi connectivity index (χ0) is 13.7. The third kappa shape index (κ3) is 3.59. The lowest BCUT2D eigenvalue weighted by atomic mass is 9.90. The van der Waals surface area contributed by atoms with Crippen molar-refractivity contribution >= 4 is 0 Å². The van der Waals surface area contributed by atoms with Crippen LogP contribution in [0.1, 0.15) is 0 Å². The molecule has 8 heteroatoms. The maximum atomic E-state index is 9.76. The fraction of sp³-hybridized carbons (Fsp3) is 1.00. The van der Waals surface area contributed by atoms with Gasteiger partial charge >= 0.3 is 0 Å². The Morgan fingerprint density at radius 1 is 0.889 bits per heavy atom. The molecule has 0 aromatic rings. The molecule has 0 spiro atoms. The van der Waals surface area contributed by atoms with Gasteiger partial charge in [-0.05, 0) is 0 Å². The van der Waals surface area contributed by atoms with Gasteiger partial charge in [0.15, 0.2) is 0 Å². The highest BCUT2D eigenvalue weighted by Crippen LogP contribution is 2.15. The van der Waals surface area contributed by atoms with Gasteiger partial charge in [0.2, 0.25) is 0 Å². The highest BCUT2D eigenvalue weighted by molar-refractivity contribution is 4.99. The van der Waals surface area contributed by atoms with Gasteiger partial charge in [0, 0.05) is 12.6 Å². The van der Waals surface area contributed by atoms with E-state index in [0.29, 0.717) is 0 Å². The largest absolute Gasteiger partial charge is 0.395 e. The molecule has 5 atom stereocenters. The molecule has 0 aliphatic carbocycles. The van der Waals surface area contributed by atoms with Gasteiger partial charge in [-0.2, -0.15) is 0 Å². The zero-order valence-corrected chi connectivity index (χ0v) is 9.98. The molecule has 0 amide bonds. The summed E-state index contributed by atoms with van der Waals surface area (Å²) in [5.74, 6) is 0. The number of hydrogen-bond acceptors (Lipinski definition) is 8. The molecule has 1 heterocycles. The average Bonchev–Trinajstić information content (AvgIpc) is 2.39. The monoisotopic (exact) mass is 266 g/mol. The summed E-state index contributed by atoms with van der Waals surface area (Å²) in [7, 11) is 0. The Kier molecular flexibility index (Phi) is 6.39. The van der Waals surface area contributed by atoms with E-state index in [1.54, 1.807) is 0 Å². The fourth-order valence-electron chi connectivity index (χ4n) is 1.97. The Labute approximate surface area is 105 Å². The van der Waals surface area contributed by atoms with E-state index in [4.69, 9.17) is 15.3 Å². The maximum Gasteiger partial charge on any atom is 0.109 e. The van der Waals surface area contributed by atoms with Crippen molar-refractivity contribution in [2.24, 2.45) is 0 Å². The van der Waals surface area contributed by atoms with Gasteiger partial charge in [-0.1, -0.05) is 0 Å². The molecule has 1 saturated heterocycles. The summed E-state index contributed by atoms with van der Waals surface area (Å²) in [5.41, 5.74) is 0. The van der Waals surface area contributed by atoms with Gasteiger partial charge in [-0.25, -0.2) is 0 Å². The minimum Gasteiger partial charge on any atom is -0.395 e. The standard InChI is InChI=1S/C10H22N2O6/c13-2-5(3-14)11-1-6-8(16)10(18)9(17)7(4-15)12-6/h5-18H,1-4H2/t6-,7-,8+,9-,10-/m1/s1. The molecule has 0 saturated carbocycles. The van der Waals surface area contributed by atoms with Crippen LogP contribution in [0.2, 0.25) is 0 Å². The third-order valence-electron chi connectivity index (χ3n) is 3.22. The summed E-state index contributed by atoms with van der Waals surface area (Å²) >= 11 is 0. The van der Waals surface area contributed by atoms with Gasteiger partial charge in [0.1, 0.15) is 6.10 Å². The van der Waals surface area contributed by atoms with Crippen molar-refractivity contribution in [3.8, 4) is 0 Å². The van der Waals surface area contributed by atoms with E-state index in [9.17, 15) is 15.3 Å². The Morgan fingerprint density at radius 3 is 1.94 bits per heavy atom. The number of nitrogens with one attached hydrogen (secondary N) is 2. The fourth-order valence-corrected chi connectivity index (χ4v) is 1.97. The average molecular weight is 266 g/mol. The van der Waals surface area contributed by atoms with Crippen molar-refractivity contribution < 1.29 is 30.6 Å². The van der Waals surface area contributed by atoms with Crippen molar-refractivity contribution in [1.82, 2.24) is 10.6 Å². The number of rotatable bonds is 6. The molecular weight excluding hydrogens is 244 g/mol. The van der Waals surface area contributed by atoms with Crippen LogP contribution in [0.4, 0.5) is 0 Å². The summed E-state index contributed by atoms with van der Waals surface area (Å²) in [6.45, 7) is -0.708. The predicted molar refractivity (Wildman–Crippen MR) is 61.8 cm³/mol. The molecule has 0 bridgehead atoms. The molecule has 0 radical (unpaired) electrons. The van der Waals surface area contributed by atoms with Crippen LogP contribution in [0.15, 0.2) is 0 Å². The molecule has 1 rings (SSSR count). The Morgan fingerprint density at radius 2 is 1.44 bits per heavy atom. The Hall–Kier alpha value is -0.320. The van der Waals surface area contributed by atoms with E-state index in [1.165, 1.54) is 0 Å². The van der Waals surface area contributed by atoms with Crippen molar-refractivity contribution in [1.29, 1.82) is 0 Å². The zero-order valence-electron chi connectivity index (χ0n) is 9.98. The first-order valence-corrected chi connectivity index (χ1v) is 5.91. The van der Waals surface area contributed by atoms with Crippen molar-refractivity contribution in [3.63, 3.8) is 0 Å². The molecule has 0 aromatic carbocycles. The molecule has 18 heavy (non-hydrogen) atoms. The van der Waals surface area contributed by atoms with E-state index in [-0.39, 0.29) is 26.4 Å². The normalized spacial score (nSPS) is 37.2. The Balaban J connectivity index is 2.53. The van der Waals surface area contributed by atoms with Crippen LogP contribution in [0.3, 0.4) is 0 Å². The maximum absolute atomic E-state index is 9.76. The van der Waals surface area contributed by atoms with Crippen LogP contribution < -0.4 is 10.6 Å². The second-order valence-electron chi connectivity index (χ2n) is 4.50. The van der Waals surface area contributed by atoms with E-state index in [1.807, 2.05) is 0 Å². The van der Waals surface area contributed by atoms with Crippen molar-refractivity contribution in [3.05, 3.63) is 0 Å². The molecule has 0 aromatic heterocycles. The lowest BCUT2D eigenvalue weighted by molar-refractivity contribution is -0.119. The van der Waals surface area contributed by atoms with E-state index in [0.717, 1.165) is 0 Å². The summed E-state index contributed by atoms with van der Waals surface area (Å²) in [5, 5.41) is 61.3. The summed E-state index contributed by atoms with van der Waals surface area (Å²) < 4.78 is 0. The van der Waals surface area contributed by atoms with E-state index >= 15 is 0 Å². The lowest BCUT2D eigenvalue weighted by Gasteiger charge is -2.41. The topological polar surface area (TPSA) is 145 Å². The molecule has 8 N–H and O–H groups in total. The summed E-state index contributed by atoms with van der Waals surface area (Å²) in [6, 6.07) is -1.84. The van der Waals surface area contributed by atoms with Gasteiger partial charge in [0.05, 0.1) is 44.1 Å².